The minimum absolute atomic E-state index is 0.170. The maximum atomic E-state index is 13.6. The summed E-state index contributed by atoms with van der Waals surface area (Å²) in [5, 5.41) is 0.682. The third-order valence-electron chi connectivity index (χ3n) is 2.18. The molecule has 0 aliphatic carbocycles. The highest BCUT2D eigenvalue weighted by atomic mass is 31.1. The van der Waals surface area contributed by atoms with Gasteiger partial charge in [-0.2, -0.15) is 0 Å². The van der Waals surface area contributed by atoms with Gasteiger partial charge in [0.1, 0.15) is 5.82 Å². The number of halogens is 2. The van der Waals surface area contributed by atoms with Crippen LogP contribution in [0, 0.1) is 5.82 Å². The molecule has 1 rings (SSSR count). The van der Waals surface area contributed by atoms with Crippen LogP contribution in [0.15, 0.2) is 18.2 Å². The average Bonchev–Trinajstić information content (AvgIpc) is 2.37. The zero-order valence-corrected chi connectivity index (χ0v) is 13.8. The summed E-state index contributed by atoms with van der Waals surface area (Å²) < 4.78 is 27.0. The number of amides is 1. The summed E-state index contributed by atoms with van der Waals surface area (Å²) in [6, 6.07) is 3.66. The monoisotopic (exact) mass is 307 g/mol. The van der Waals surface area contributed by atoms with Crippen LogP contribution in [-0.4, -0.2) is 12.5 Å². The standard InChI is InChI=1S/C11H15F2NOP2.C2H6/c1-2-5-14-10(15)7-3-4-9(12)8(6-7)11(13,16)17;1-2/h3-4,6H,2,5,16-17H2,1H3,(H,14,15);1-2H3. The molecule has 0 heterocycles. The number of carbonyl (C=O) groups is 1. The van der Waals surface area contributed by atoms with Gasteiger partial charge < -0.3 is 5.32 Å². The number of hydrogen-bond donors (Lipinski definition) is 1. The van der Waals surface area contributed by atoms with E-state index in [1.807, 2.05) is 39.3 Å². The molecule has 1 N–H and O–H groups in total. The third kappa shape index (κ3) is 5.93. The van der Waals surface area contributed by atoms with Crippen molar-refractivity contribution in [2.75, 3.05) is 6.54 Å². The van der Waals surface area contributed by atoms with E-state index in [0.717, 1.165) is 12.5 Å². The van der Waals surface area contributed by atoms with Gasteiger partial charge in [0.2, 0.25) is 0 Å². The molecule has 6 heteroatoms. The van der Waals surface area contributed by atoms with Gasteiger partial charge in [0.25, 0.3) is 5.91 Å². The van der Waals surface area contributed by atoms with Gasteiger partial charge in [-0.3, -0.25) is 4.79 Å². The van der Waals surface area contributed by atoms with Gasteiger partial charge >= 0.3 is 0 Å². The van der Waals surface area contributed by atoms with Crippen LogP contribution in [0.5, 0.6) is 0 Å². The number of benzene rings is 1. The second-order valence-corrected chi connectivity index (χ2v) is 6.07. The Labute approximate surface area is 118 Å². The molecule has 0 aliphatic heterocycles. The lowest BCUT2D eigenvalue weighted by Crippen LogP contribution is -2.24. The molecule has 108 valence electrons. The van der Waals surface area contributed by atoms with Crippen LogP contribution in [0.3, 0.4) is 0 Å². The molecule has 0 aromatic heterocycles. The largest absolute Gasteiger partial charge is 0.352 e. The molecule has 0 bridgehead atoms. The van der Waals surface area contributed by atoms with Crippen molar-refractivity contribution in [2.45, 2.75) is 32.3 Å². The van der Waals surface area contributed by atoms with E-state index in [1.165, 1.54) is 12.1 Å². The summed E-state index contributed by atoms with van der Waals surface area (Å²) in [4.78, 5) is 11.6. The molecule has 0 fully saturated rings. The molecular weight excluding hydrogens is 286 g/mol. The average molecular weight is 307 g/mol. The molecule has 0 aliphatic rings. The smallest absolute Gasteiger partial charge is 0.251 e. The maximum absolute atomic E-state index is 13.6. The molecule has 19 heavy (non-hydrogen) atoms. The van der Waals surface area contributed by atoms with Crippen molar-refractivity contribution in [1.82, 2.24) is 5.32 Å². The molecule has 1 amide bonds. The molecule has 2 unspecified atom stereocenters. The molecule has 2 nitrogen and oxygen atoms in total. The minimum atomic E-state index is -1.97. The Morgan fingerprint density at radius 1 is 1.37 bits per heavy atom. The fraction of sp³-hybridized carbons (Fsp3) is 0.462. The van der Waals surface area contributed by atoms with Crippen LogP contribution in [-0.2, 0) is 5.15 Å². The number of rotatable bonds is 4. The summed E-state index contributed by atoms with van der Waals surface area (Å²) in [6.07, 6.45) is 0.806. The van der Waals surface area contributed by atoms with Crippen LogP contribution in [0.4, 0.5) is 8.78 Å². The molecule has 0 spiro atoms. The highest BCUT2D eigenvalue weighted by molar-refractivity contribution is 7.38. The summed E-state index contributed by atoms with van der Waals surface area (Å²) in [7, 11) is 3.76. The van der Waals surface area contributed by atoms with Gasteiger partial charge in [-0.15, -0.1) is 0 Å². The Bertz CT molecular complexity index is 420. The summed E-state index contributed by atoms with van der Waals surface area (Å²) in [5.41, 5.74) is 0.0819. The van der Waals surface area contributed by atoms with Crippen molar-refractivity contribution in [2.24, 2.45) is 0 Å². The number of alkyl halides is 1. The molecule has 0 saturated heterocycles. The first-order chi connectivity index (χ1) is 8.86. The fourth-order valence-electron chi connectivity index (χ4n) is 1.30. The van der Waals surface area contributed by atoms with E-state index in [1.54, 1.807) is 0 Å². The first kappa shape index (κ1) is 18.4. The second kappa shape index (κ2) is 8.55. The summed E-state index contributed by atoms with van der Waals surface area (Å²) >= 11 is 0. The van der Waals surface area contributed by atoms with Crippen LogP contribution in [0.25, 0.3) is 0 Å². The molecule has 1 aromatic carbocycles. The maximum Gasteiger partial charge on any atom is 0.251 e. The van der Waals surface area contributed by atoms with Gasteiger partial charge in [0.15, 0.2) is 5.15 Å². The van der Waals surface area contributed by atoms with Crippen molar-refractivity contribution in [3.63, 3.8) is 0 Å². The summed E-state index contributed by atoms with van der Waals surface area (Å²) in [5.74, 6) is -1.00. The van der Waals surface area contributed by atoms with Gasteiger partial charge in [0, 0.05) is 17.7 Å². The van der Waals surface area contributed by atoms with Crippen LogP contribution in [0.1, 0.15) is 43.1 Å². The van der Waals surface area contributed by atoms with Gasteiger partial charge in [0.05, 0.1) is 0 Å². The molecule has 2 atom stereocenters. The van der Waals surface area contributed by atoms with Crippen molar-refractivity contribution >= 4 is 24.4 Å². The first-order valence-corrected chi connectivity index (χ1v) is 7.36. The number of nitrogens with one attached hydrogen (secondary N) is 1. The molecule has 0 saturated carbocycles. The van der Waals surface area contributed by atoms with E-state index in [4.69, 9.17) is 0 Å². The lowest BCUT2D eigenvalue weighted by atomic mass is 10.1. The van der Waals surface area contributed by atoms with E-state index in [0.29, 0.717) is 6.54 Å². The van der Waals surface area contributed by atoms with Crippen molar-refractivity contribution in [1.29, 1.82) is 0 Å². The number of hydrogen-bond acceptors (Lipinski definition) is 1. The molecule has 1 aromatic rings. The predicted molar refractivity (Wildman–Crippen MR) is 82.6 cm³/mol. The van der Waals surface area contributed by atoms with E-state index in [2.05, 4.69) is 5.32 Å². The van der Waals surface area contributed by atoms with Gasteiger partial charge in [-0.1, -0.05) is 39.3 Å². The lowest BCUT2D eigenvalue weighted by Gasteiger charge is -2.16. The lowest BCUT2D eigenvalue weighted by molar-refractivity contribution is 0.0953. The Hall–Kier alpha value is -0.590. The van der Waals surface area contributed by atoms with Gasteiger partial charge in [-0.25, -0.2) is 8.78 Å². The molecule has 0 radical (unpaired) electrons. The zero-order valence-electron chi connectivity index (χ0n) is 11.5. The Morgan fingerprint density at radius 2 is 1.95 bits per heavy atom. The van der Waals surface area contributed by atoms with Crippen molar-refractivity contribution in [3.05, 3.63) is 35.1 Å². The third-order valence-corrected chi connectivity index (χ3v) is 2.80. The highest BCUT2D eigenvalue weighted by Gasteiger charge is 2.24. The van der Waals surface area contributed by atoms with E-state index in [9.17, 15) is 13.6 Å². The molecular formula is C13H21F2NOP2. The fourth-order valence-corrected chi connectivity index (χ4v) is 1.74. The van der Waals surface area contributed by atoms with Gasteiger partial charge in [-0.05, 0) is 24.6 Å². The van der Waals surface area contributed by atoms with E-state index >= 15 is 0 Å². The number of carbonyl (C=O) groups excluding carboxylic acids is 1. The second-order valence-electron chi connectivity index (χ2n) is 3.72. The van der Waals surface area contributed by atoms with Crippen molar-refractivity contribution < 1.29 is 13.6 Å². The highest BCUT2D eigenvalue weighted by Crippen LogP contribution is 2.41. The normalized spacial score (nSPS) is 10.5. The van der Waals surface area contributed by atoms with E-state index in [-0.39, 0.29) is 17.0 Å². The van der Waals surface area contributed by atoms with Crippen LogP contribution >= 0.6 is 18.5 Å². The predicted octanol–water partition coefficient (Wildman–Crippen LogP) is 3.82. The summed E-state index contributed by atoms with van der Waals surface area (Å²) in [6.45, 7) is 6.46. The van der Waals surface area contributed by atoms with Crippen LogP contribution in [0.2, 0.25) is 0 Å². The zero-order chi connectivity index (χ0) is 15.1. The first-order valence-electron chi connectivity index (χ1n) is 6.21. The van der Waals surface area contributed by atoms with Crippen LogP contribution < -0.4 is 5.32 Å². The van der Waals surface area contributed by atoms with E-state index < -0.39 is 11.0 Å². The SMILES string of the molecule is CC.CCCNC(=O)c1ccc(F)c(C(F)(P)P)c1. The Morgan fingerprint density at radius 3 is 2.42 bits per heavy atom. The minimum Gasteiger partial charge on any atom is -0.352 e. The topological polar surface area (TPSA) is 29.1 Å². The Kier molecular flexibility index (Phi) is 8.29. The van der Waals surface area contributed by atoms with Crippen molar-refractivity contribution in [3.8, 4) is 0 Å². The quantitative estimate of drug-likeness (QED) is 0.842. The Balaban J connectivity index is 0.00000154.